The Labute approximate surface area is 159 Å². The SMILES string of the molecule is Cn1cc2cc(-c3ccc(N4CCC(NC(C)(C)C)C4)nn3)c(O)cc2n1. The summed E-state index contributed by atoms with van der Waals surface area (Å²) in [6.45, 7) is 8.47. The molecule has 4 rings (SSSR count). The molecule has 0 radical (unpaired) electrons. The molecule has 1 aromatic carbocycles. The minimum atomic E-state index is 0.110. The predicted molar refractivity (Wildman–Crippen MR) is 107 cm³/mol. The van der Waals surface area contributed by atoms with Gasteiger partial charge in [-0.1, -0.05) is 0 Å². The third-order valence-corrected chi connectivity index (χ3v) is 4.81. The molecule has 0 amide bonds. The van der Waals surface area contributed by atoms with Crippen LogP contribution in [0, 0.1) is 0 Å². The first kappa shape index (κ1) is 17.7. The lowest BCUT2D eigenvalue weighted by atomic mass is 10.1. The number of rotatable bonds is 3. The van der Waals surface area contributed by atoms with Gasteiger partial charge in [0.05, 0.1) is 11.2 Å². The zero-order chi connectivity index (χ0) is 19.2. The van der Waals surface area contributed by atoms with Crippen molar-refractivity contribution in [3.05, 3.63) is 30.5 Å². The van der Waals surface area contributed by atoms with Gasteiger partial charge in [0.25, 0.3) is 0 Å². The van der Waals surface area contributed by atoms with Crippen LogP contribution >= 0.6 is 0 Å². The summed E-state index contributed by atoms with van der Waals surface area (Å²) in [5, 5.41) is 28.1. The molecule has 3 aromatic rings. The summed E-state index contributed by atoms with van der Waals surface area (Å²) in [5.74, 6) is 1.04. The molecule has 142 valence electrons. The Morgan fingerprint density at radius 1 is 1.19 bits per heavy atom. The van der Waals surface area contributed by atoms with E-state index < -0.39 is 0 Å². The number of aromatic hydroxyl groups is 1. The highest BCUT2D eigenvalue weighted by Gasteiger charge is 2.26. The lowest BCUT2D eigenvalue weighted by molar-refractivity contribution is 0.373. The first-order valence-electron chi connectivity index (χ1n) is 9.32. The molecule has 0 spiro atoms. The third-order valence-electron chi connectivity index (χ3n) is 4.81. The normalized spacial score (nSPS) is 17.8. The summed E-state index contributed by atoms with van der Waals surface area (Å²) in [7, 11) is 1.86. The van der Waals surface area contributed by atoms with Crippen LogP contribution in [0.1, 0.15) is 27.2 Å². The van der Waals surface area contributed by atoms with Gasteiger partial charge in [0.2, 0.25) is 0 Å². The molecule has 2 N–H and O–H groups in total. The van der Waals surface area contributed by atoms with Gasteiger partial charge in [0.1, 0.15) is 5.75 Å². The molecule has 1 aliphatic rings. The number of nitrogens with one attached hydrogen (secondary N) is 1. The van der Waals surface area contributed by atoms with Gasteiger partial charge in [-0.3, -0.25) is 4.68 Å². The van der Waals surface area contributed by atoms with Crippen molar-refractivity contribution in [3.8, 4) is 17.0 Å². The number of benzene rings is 1. The fraction of sp³-hybridized carbons (Fsp3) is 0.450. The second-order valence-electron chi connectivity index (χ2n) is 8.33. The summed E-state index contributed by atoms with van der Waals surface area (Å²) in [4.78, 5) is 2.25. The Morgan fingerprint density at radius 2 is 2.00 bits per heavy atom. The Bertz CT molecular complexity index is 957. The highest BCUT2D eigenvalue weighted by molar-refractivity contribution is 5.87. The molecule has 1 saturated heterocycles. The largest absolute Gasteiger partial charge is 0.507 e. The summed E-state index contributed by atoms with van der Waals surface area (Å²) < 4.78 is 1.73. The first-order valence-corrected chi connectivity index (χ1v) is 9.32. The van der Waals surface area contributed by atoms with Crippen molar-refractivity contribution in [1.29, 1.82) is 0 Å². The number of aryl methyl sites for hydroxylation is 1. The molecule has 2 aromatic heterocycles. The van der Waals surface area contributed by atoms with Crippen molar-refractivity contribution < 1.29 is 5.11 Å². The number of fused-ring (bicyclic) bond motifs is 1. The smallest absolute Gasteiger partial charge is 0.151 e. The van der Waals surface area contributed by atoms with Gasteiger partial charge >= 0.3 is 0 Å². The summed E-state index contributed by atoms with van der Waals surface area (Å²) in [5.41, 5.74) is 2.20. The minimum absolute atomic E-state index is 0.110. The molecule has 7 heteroatoms. The van der Waals surface area contributed by atoms with Gasteiger partial charge < -0.3 is 15.3 Å². The van der Waals surface area contributed by atoms with E-state index in [1.54, 1.807) is 10.7 Å². The van der Waals surface area contributed by atoms with Gasteiger partial charge in [0, 0.05) is 54.9 Å². The molecule has 0 bridgehead atoms. The number of hydrogen-bond acceptors (Lipinski definition) is 6. The van der Waals surface area contributed by atoms with Gasteiger partial charge in [-0.2, -0.15) is 5.10 Å². The number of phenols is 1. The lowest BCUT2D eigenvalue weighted by Gasteiger charge is -2.26. The Hall–Kier alpha value is -2.67. The van der Waals surface area contributed by atoms with Gasteiger partial charge in [-0.25, -0.2) is 0 Å². The van der Waals surface area contributed by atoms with Crippen LogP contribution in [0.25, 0.3) is 22.2 Å². The van der Waals surface area contributed by atoms with Crippen LogP contribution in [0.5, 0.6) is 5.75 Å². The van der Waals surface area contributed by atoms with E-state index >= 15 is 0 Å². The van der Waals surface area contributed by atoms with Crippen molar-refractivity contribution in [2.24, 2.45) is 7.05 Å². The fourth-order valence-electron chi connectivity index (χ4n) is 3.73. The quantitative estimate of drug-likeness (QED) is 0.742. The second-order valence-corrected chi connectivity index (χ2v) is 8.33. The van der Waals surface area contributed by atoms with Crippen LogP contribution in [0.4, 0.5) is 5.82 Å². The third kappa shape index (κ3) is 3.73. The number of anilines is 1. The van der Waals surface area contributed by atoms with Gasteiger partial charge in [-0.15, -0.1) is 10.2 Å². The average Bonchev–Trinajstić information content (AvgIpc) is 3.18. The van der Waals surface area contributed by atoms with Crippen LogP contribution < -0.4 is 10.2 Å². The second kappa shape index (κ2) is 6.49. The Balaban J connectivity index is 1.54. The maximum absolute atomic E-state index is 10.4. The zero-order valence-electron chi connectivity index (χ0n) is 16.3. The monoisotopic (exact) mass is 366 g/mol. The van der Waals surface area contributed by atoms with E-state index in [1.807, 2.05) is 31.4 Å². The van der Waals surface area contributed by atoms with E-state index in [9.17, 15) is 5.11 Å². The molecule has 0 saturated carbocycles. The average molecular weight is 366 g/mol. The predicted octanol–water partition coefficient (Wildman–Crippen LogP) is 2.70. The van der Waals surface area contributed by atoms with Gasteiger partial charge in [0.15, 0.2) is 5.82 Å². The molecule has 1 aliphatic heterocycles. The van der Waals surface area contributed by atoms with Crippen molar-refractivity contribution in [1.82, 2.24) is 25.3 Å². The summed E-state index contributed by atoms with van der Waals surface area (Å²) in [6, 6.07) is 7.94. The number of phenolic OH excluding ortho intramolecular Hbond substituents is 1. The van der Waals surface area contributed by atoms with Gasteiger partial charge in [-0.05, 0) is 45.4 Å². The van der Waals surface area contributed by atoms with Crippen molar-refractivity contribution in [2.45, 2.75) is 38.8 Å². The number of hydrogen-bond donors (Lipinski definition) is 2. The number of nitrogens with zero attached hydrogens (tertiary/aromatic N) is 5. The van der Waals surface area contributed by atoms with Crippen LogP contribution in [0.2, 0.25) is 0 Å². The maximum atomic E-state index is 10.4. The van der Waals surface area contributed by atoms with Crippen molar-refractivity contribution >= 4 is 16.7 Å². The molecule has 1 fully saturated rings. The van der Waals surface area contributed by atoms with E-state index in [0.29, 0.717) is 17.3 Å². The highest BCUT2D eigenvalue weighted by Crippen LogP contribution is 2.32. The van der Waals surface area contributed by atoms with Crippen molar-refractivity contribution in [3.63, 3.8) is 0 Å². The standard InChI is InChI=1S/C20H26N6O/c1-20(2,3)21-14-7-8-26(12-14)19-6-5-16(22-23-19)15-9-13-11-25(4)24-17(13)10-18(15)27/h5-6,9-11,14,21,27H,7-8,12H2,1-4H3. The minimum Gasteiger partial charge on any atom is -0.507 e. The van der Waals surface area contributed by atoms with E-state index in [-0.39, 0.29) is 11.3 Å². The highest BCUT2D eigenvalue weighted by atomic mass is 16.3. The zero-order valence-corrected chi connectivity index (χ0v) is 16.3. The number of aromatic nitrogens is 4. The molecule has 3 heterocycles. The van der Waals surface area contributed by atoms with E-state index in [4.69, 9.17) is 0 Å². The van der Waals surface area contributed by atoms with Crippen LogP contribution in [0.3, 0.4) is 0 Å². The molecule has 0 aliphatic carbocycles. The summed E-state index contributed by atoms with van der Waals surface area (Å²) in [6.07, 6.45) is 3.02. The molecular formula is C20H26N6O. The topological polar surface area (TPSA) is 79.1 Å². The maximum Gasteiger partial charge on any atom is 0.151 e. The Kier molecular flexibility index (Phi) is 4.26. The lowest BCUT2D eigenvalue weighted by Crippen LogP contribution is -2.45. The summed E-state index contributed by atoms with van der Waals surface area (Å²) >= 11 is 0. The van der Waals surface area contributed by atoms with E-state index in [0.717, 1.165) is 36.2 Å². The molecule has 1 unspecified atom stereocenters. The molecule has 27 heavy (non-hydrogen) atoms. The molecular weight excluding hydrogens is 340 g/mol. The molecule has 7 nitrogen and oxygen atoms in total. The van der Waals surface area contributed by atoms with E-state index in [1.165, 1.54) is 0 Å². The first-order chi connectivity index (χ1) is 12.8. The van der Waals surface area contributed by atoms with Crippen LogP contribution in [-0.4, -0.2) is 49.8 Å². The van der Waals surface area contributed by atoms with Crippen LogP contribution in [-0.2, 0) is 7.05 Å². The van der Waals surface area contributed by atoms with Crippen molar-refractivity contribution in [2.75, 3.05) is 18.0 Å². The fourth-order valence-corrected chi connectivity index (χ4v) is 3.73. The molecule has 1 atom stereocenters. The van der Waals surface area contributed by atoms with Crippen LogP contribution in [0.15, 0.2) is 30.5 Å². The van der Waals surface area contributed by atoms with E-state index in [2.05, 4.69) is 46.3 Å². The Morgan fingerprint density at radius 3 is 2.70 bits per heavy atom.